The number of benzene rings is 1. The van der Waals surface area contributed by atoms with Crippen molar-refractivity contribution < 1.29 is 9.47 Å². The summed E-state index contributed by atoms with van der Waals surface area (Å²) in [5.74, 6) is 0.909. The number of ether oxygens (including phenoxy) is 2. The van der Waals surface area contributed by atoms with Crippen LogP contribution in [0.25, 0.3) is 0 Å². The number of likely N-dealkylation sites (N-methyl/N-ethyl adjacent to an activating group) is 1. The maximum absolute atomic E-state index is 6.09. The Bertz CT molecular complexity index is 419. The first-order valence-electron chi connectivity index (χ1n) is 7.34. The van der Waals surface area contributed by atoms with Gasteiger partial charge in [0.15, 0.2) is 0 Å². The lowest BCUT2D eigenvalue weighted by molar-refractivity contribution is 0.0998. The van der Waals surface area contributed by atoms with Gasteiger partial charge in [-0.2, -0.15) is 0 Å². The van der Waals surface area contributed by atoms with Crippen LogP contribution in [0.3, 0.4) is 0 Å². The molecule has 1 aromatic carbocycles. The number of nitrogens with one attached hydrogen (secondary N) is 1. The van der Waals surface area contributed by atoms with Crippen LogP contribution in [0.4, 0.5) is 0 Å². The molecule has 2 unspecified atom stereocenters. The van der Waals surface area contributed by atoms with E-state index in [1.807, 2.05) is 25.2 Å². The maximum atomic E-state index is 6.09. The third kappa shape index (κ3) is 4.37. The number of hydrogen-bond acceptors (Lipinski definition) is 3. The summed E-state index contributed by atoms with van der Waals surface area (Å²) in [6.07, 6.45) is 6.01. The SMILES string of the molecule is CNC(CCC1CCCO1)Cc1cc(Cl)ccc1OC. The van der Waals surface area contributed by atoms with E-state index in [2.05, 4.69) is 5.32 Å². The zero-order chi connectivity index (χ0) is 14.4. The van der Waals surface area contributed by atoms with E-state index in [1.54, 1.807) is 7.11 Å². The van der Waals surface area contributed by atoms with Gasteiger partial charge < -0.3 is 14.8 Å². The fourth-order valence-corrected chi connectivity index (χ4v) is 2.97. The Morgan fingerprint density at radius 3 is 3.00 bits per heavy atom. The third-order valence-electron chi connectivity index (χ3n) is 3.98. The molecule has 112 valence electrons. The van der Waals surface area contributed by atoms with Crippen LogP contribution in [0.1, 0.15) is 31.2 Å². The second-order valence-corrected chi connectivity index (χ2v) is 5.79. The lowest BCUT2D eigenvalue weighted by Crippen LogP contribution is -2.29. The van der Waals surface area contributed by atoms with Crippen molar-refractivity contribution in [2.24, 2.45) is 0 Å². The molecule has 3 nitrogen and oxygen atoms in total. The van der Waals surface area contributed by atoms with E-state index in [4.69, 9.17) is 21.1 Å². The van der Waals surface area contributed by atoms with Crippen molar-refractivity contribution in [2.75, 3.05) is 20.8 Å². The molecule has 0 bridgehead atoms. The Kier molecular flexibility index (Phi) is 6.14. The van der Waals surface area contributed by atoms with Gasteiger partial charge >= 0.3 is 0 Å². The lowest BCUT2D eigenvalue weighted by atomic mass is 9.99. The van der Waals surface area contributed by atoms with Gasteiger partial charge in [-0.05, 0) is 62.9 Å². The van der Waals surface area contributed by atoms with E-state index in [9.17, 15) is 0 Å². The molecule has 0 aliphatic carbocycles. The molecule has 0 spiro atoms. The highest BCUT2D eigenvalue weighted by Gasteiger charge is 2.18. The highest BCUT2D eigenvalue weighted by Crippen LogP contribution is 2.25. The van der Waals surface area contributed by atoms with Crippen molar-refractivity contribution in [1.82, 2.24) is 5.32 Å². The molecule has 0 amide bonds. The molecule has 1 aliphatic rings. The minimum absolute atomic E-state index is 0.423. The zero-order valence-corrected chi connectivity index (χ0v) is 13.1. The smallest absolute Gasteiger partial charge is 0.122 e. The fraction of sp³-hybridized carbons (Fsp3) is 0.625. The van der Waals surface area contributed by atoms with Gasteiger partial charge in [-0.1, -0.05) is 11.6 Å². The van der Waals surface area contributed by atoms with E-state index >= 15 is 0 Å². The molecule has 1 N–H and O–H groups in total. The largest absolute Gasteiger partial charge is 0.496 e. The molecule has 1 heterocycles. The minimum Gasteiger partial charge on any atom is -0.496 e. The normalized spacial score (nSPS) is 20.1. The summed E-state index contributed by atoms with van der Waals surface area (Å²) in [5.41, 5.74) is 1.16. The number of rotatable bonds is 7. The van der Waals surface area contributed by atoms with E-state index in [-0.39, 0.29) is 0 Å². The number of halogens is 1. The van der Waals surface area contributed by atoms with E-state index in [1.165, 1.54) is 12.8 Å². The van der Waals surface area contributed by atoms with Crippen LogP contribution < -0.4 is 10.1 Å². The summed E-state index contributed by atoms with van der Waals surface area (Å²) in [7, 11) is 3.71. The van der Waals surface area contributed by atoms with Gasteiger partial charge in [-0.15, -0.1) is 0 Å². The van der Waals surface area contributed by atoms with E-state index < -0.39 is 0 Å². The number of methoxy groups -OCH3 is 1. The molecule has 1 aromatic rings. The van der Waals surface area contributed by atoms with Crippen molar-refractivity contribution in [1.29, 1.82) is 0 Å². The second kappa shape index (κ2) is 7.87. The van der Waals surface area contributed by atoms with Crippen molar-refractivity contribution in [2.45, 2.75) is 44.2 Å². The molecule has 4 heteroatoms. The van der Waals surface area contributed by atoms with Crippen molar-refractivity contribution in [3.63, 3.8) is 0 Å². The highest BCUT2D eigenvalue weighted by atomic mass is 35.5. The van der Waals surface area contributed by atoms with Gasteiger partial charge in [-0.25, -0.2) is 0 Å². The Balaban J connectivity index is 1.92. The zero-order valence-electron chi connectivity index (χ0n) is 12.3. The fourth-order valence-electron chi connectivity index (χ4n) is 2.78. The predicted octanol–water partition coefficient (Wildman–Crippen LogP) is 3.44. The quantitative estimate of drug-likeness (QED) is 0.836. The van der Waals surface area contributed by atoms with Crippen LogP contribution in [0.5, 0.6) is 5.75 Å². The monoisotopic (exact) mass is 297 g/mol. The van der Waals surface area contributed by atoms with Crippen LogP contribution in [-0.4, -0.2) is 32.9 Å². The molecule has 2 atom stereocenters. The van der Waals surface area contributed by atoms with Gasteiger partial charge in [0, 0.05) is 17.7 Å². The summed E-state index contributed by atoms with van der Waals surface area (Å²) in [6, 6.07) is 6.22. The maximum Gasteiger partial charge on any atom is 0.122 e. The second-order valence-electron chi connectivity index (χ2n) is 5.36. The summed E-state index contributed by atoms with van der Waals surface area (Å²) in [6.45, 7) is 0.928. The van der Waals surface area contributed by atoms with Crippen molar-refractivity contribution >= 4 is 11.6 Å². The molecular weight excluding hydrogens is 274 g/mol. The van der Waals surface area contributed by atoms with Crippen molar-refractivity contribution in [3.8, 4) is 5.75 Å². The Morgan fingerprint density at radius 1 is 1.50 bits per heavy atom. The van der Waals surface area contributed by atoms with Gasteiger partial charge in [0.25, 0.3) is 0 Å². The van der Waals surface area contributed by atoms with Gasteiger partial charge in [0.2, 0.25) is 0 Å². The standard InChI is InChI=1S/C16H24ClNO2/c1-18-14(6-7-15-4-3-9-20-15)11-12-10-13(17)5-8-16(12)19-2/h5,8,10,14-15,18H,3-4,6-7,9,11H2,1-2H3. The van der Waals surface area contributed by atoms with E-state index in [0.29, 0.717) is 12.1 Å². The molecule has 2 rings (SSSR count). The Morgan fingerprint density at radius 2 is 2.35 bits per heavy atom. The first-order chi connectivity index (χ1) is 9.72. The van der Waals surface area contributed by atoms with Gasteiger partial charge in [0.1, 0.15) is 5.75 Å². The molecule has 1 saturated heterocycles. The van der Waals surface area contributed by atoms with Crippen molar-refractivity contribution in [3.05, 3.63) is 28.8 Å². The molecule has 0 saturated carbocycles. The van der Waals surface area contributed by atoms with Gasteiger partial charge in [-0.3, -0.25) is 0 Å². The highest BCUT2D eigenvalue weighted by molar-refractivity contribution is 6.30. The average molecular weight is 298 g/mol. The van der Waals surface area contributed by atoms with Gasteiger partial charge in [0.05, 0.1) is 13.2 Å². The lowest BCUT2D eigenvalue weighted by Gasteiger charge is -2.19. The predicted molar refractivity (Wildman–Crippen MR) is 82.8 cm³/mol. The van der Waals surface area contributed by atoms with Crippen LogP contribution >= 0.6 is 11.6 Å². The molecule has 1 fully saturated rings. The first-order valence-corrected chi connectivity index (χ1v) is 7.72. The van der Waals surface area contributed by atoms with Crippen LogP contribution in [0.2, 0.25) is 5.02 Å². The van der Waals surface area contributed by atoms with Crippen LogP contribution in [0, 0.1) is 0 Å². The summed E-state index contributed by atoms with van der Waals surface area (Å²) >= 11 is 6.09. The number of hydrogen-bond donors (Lipinski definition) is 1. The minimum atomic E-state index is 0.423. The Hall–Kier alpha value is -0.770. The average Bonchev–Trinajstić information content (AvgIpc) is 2.97. The molecule has 20 heavy (non-hydrogen) atoms. The third-order valence-corrected chi connectivity index (χ3v) is 4.21. The molecular formula is C16H24ClNO2. The van der Waals surface area contributed by atoms with Crippen LogP contribution in [0.15, 0.2) is 18.2 Å². The van der Waals surface area contributed by atoms with E-state index in [0.717, 1.165) is 42.2 Å². The summed E-state index contributed by atoms with van der Waals surface area (Å²) < 4.78 is 11.1. The summed E-state index contributed by atoms with van der Waals surface area (Å²) in [4.78, 5) is 0. The molecule has 1 aliphatic heterocycles. The van der Waals surface area contributed by atoms with Crippen LogP contribution in [-0.2, 0) is 11.2 Å². The molecule has 0 aromatic heterocycles. The summed E-state index contributed by atoms with van der Waals surface area (Å²) in [5, 5.41) is 4.15. The molecule has 0 radical (unpaired) electrons. The topological polar surface area (TPSA) is 30.5 Å². The first kappa shape index (κ1) is 15.6. The Labute approximate surface area is 126 Å².